The highest BCUT2D eigenvalue weighted by Crippen LogP contribution is 2.19. The first-order valence-electron chi connectivity index (χ1n) is 7.39. The summed E-state index contributed by atoms with van der Waals surface area (Å²) in [6, 6.07) is 3.46. The topological polar surface area (TPSA) is 80.0 Å². The summed E-state index contributed by atoms with van der Waals surface area (Å²) in [4.78, 5) is 20.3. The first-order valence-corrected chi connectivity index (χ1v) is 7.39. The van der Waals surface area contributed by atoms with Crippen molar-refractivity contribution in [2.45, 2.75) is 32.8 Å². The predicted molar refractivity (Wildman–Crippen MR) is 83.8 cm³/mol. The third-order valence-electron chi connectivity index (χ3n) is 4.06. The highest BCUT2D eigenvalue weighted by atomic mass is 16.3. The molecule has 0 fully saturated rings. The molecule has 0 saturated heterocycles. The van der Waals surface area contributed by atoms with Crippen LogP contribution in [0.2, 0.25) is 0 Å². The highest BCUT2D eigenvalue weighted by molar-refractivity contribution is 5.93. The van der Waals surface area contributed by atoms with E-state index in [9.17, 15) is 9.90 Å². The van der Waals surface area contributed by atoms with Gasteiger partial charge in [-0.05, 0) is 25.0 Å². The van der Waals surface area contributed by atoms with Gasteiger partial charge < -0.3 is 10.4 Å². The Bertz CT molecular complexity index is 606. The summed E-state index contributed by atoms with van der Waals surface area (Å²) in [7, 11) is 0. The lowest BCUT2D eigenvalue weighted by molar-refractivity contribution is 0.00592. The van der Waals surface area contributed by atoms with E-state index in [1.165, 1.54) is 6.20 Å². The Balaban J connectivity index is 1.99. The Hall–Kier alpha value is -2.21. The van der Waals surface area contributed by atoms with Crippen molar-refractivity contribution in [1.82, 2.24) is 19.9 Å². The first-order chi connectivity index (χ1) is 10.4. The SMILES string of the molecule is CCC(C)C(C)(O)CNC(=O)c1ccc(-n2ccnc2)nc1. The van der Waals surface area contributed by atoms with Crippen molar-refractivity contribution in [3.8, 4) is 5.82 Å². The zero-order valence-electron chi connectivity index (χ0n) is 13.2. The van der Waals surface area contributed by atoms with Gasteiger partial charge in [0.15, 0.2) is 0 Å². The molecule has 2 heterocycles. The van der Waals surface area contributed by atoms with Gasteiger partial charge in [-0.25, -0.2) is 9.97 Å². The number of carbonyl (C=O) groups is 1. The van der Waals surface area contributed by atoms with Crippen molar-refractivity contribution in [1.29, 1.82) is 0 Å². The maximum atomic E-state index is 12.1. The van der Waals surface area contributed by atoms with Crippen molar-refractivity contribution in [2.24, 2.45) is 5.92 Å². The summed E-state index contributed by atoms with van der Waals surface area (Å²) < 4.78 is 1.76. The molecule has 2 rings (SSSR count). The maximum Gasteiger partial charge on any atom is 0.252 e. The van der Waals surface area contributed by atoms with Crippen molar-refractivity contribution in [3.63, 3.8) is 0 Å². The number of aliphatic hydroxyl groups is 1. The molecule has 0 aliphatic carbocycles. The largest absolute Gasteiger partial charge is 0.388 e. The van der Waals surface area contributed by atoms with Crippen molar-refractivity contribution in [3.05, 3.63) is 42.6 Å². The Labute approximate surface area is 130 Å². The van der Waals surface area contributed by atoms with E-state index in [-0.39, 0.29) is 18.4 Å². The smallest absolute Gasteiger partial charge is 0.252 e. The molecule has 0 spiro atoms. The molecular formula is C16H22N4O2. The van der Waals surface area contributed by atoms with Crippen LogP contribution in [0.1, 0.15) is 37.6 Å². The summed E-state index contributed by atoms with van der Waals surface area (Å²) in [5.74, 6) is 0.559. The molecule has 0 aliphatic rings. The molecule has 2 unspecified atom stereocenters. The van der Waals surface area contributed by atoms with Crippen molar-refractivity contribution >= 4 is 5.91 Å². The number of hydrogen-bond donors (Lipinski definition) is 2. The summed E-state index contributed by atoms with van der Waals surface area (Å²) in [5.41, 5.74) is -0.460. The van der Waals surface area contributed by atoms with Crippen LogP contribution in [0.25, 0.3) is 5.82 Å². The average Bonchev–Trinajstić information content (AvgIpc) is 3.06. The average molecular weight is 302 g/mol. The molecule has 2 atom stereocenters. The maximum absolute atomic E-state index is 12.1. The zero-order chi connectivity index (χ0) is 16.2. The molecule has 2 N–H and O–H groups in total. The fraction of sp³-hybridized carbons (Fsp3) is 0.438. The number of aromatic nitrogens is 3. The Morgan fingerprint density at radius 1 is 1.50 bits per heavy atom. The number of imidazole rings is 1. The lowest BCUT2D eigenvalue weighted by Crippen LogP contribution is -2.45. The van der Waals surface area contributed by atoms with Gasteiger partial charge in [0.2, 0.25) is 0 Å². The van der Waals surface area contributed by atoms with E-state index in [2.05, 4.69) is 15.3 Å². The van der Waals surface area contributed by atoms with Crippen LogP contribution in [0.3, 0.4) is 0 Å². The number of pyridine rings is 1. The van der Waals surface area contributed by atoms with Gasteiger partial charge in [-0.3, -0.25) is 9.36 Å². The normalized spacial score (nSPS) is 15.1. The van der Waals surface area contributed by atoms with Crippen LogP contribution in [0.15, 0.2) is 37.1 Å². The van der Waals surface area contributed by atoms with E-state index in [1.54, 1.807) is 42.3 Å². The number of nitrogens with zero attached hydrogens (tertiary/aromatic N) is 3. The molecule has 6 heteroatoms. The molecule has 1 amide bonds. The summed E-state index contributed by atoms with van der Waals surface area (Å²) in [6.07, 6.45) is 7.46. The second kappa shape index (κ2) is 6.70. The number of rotatable bonds is 6. The fourth-order valence-corrected chi connectivity index (χ4v) is 2.04. The van der Waals surface area contributed by atoms with E-state index in [4.69, 9.17) is 0 Å². The van der Waals surface area contributed by atoms with E-state index in [0.717, 1.165) is 6.42 Å². The molecule has 6 nitrogen and oxygen atoms in total. The molecular weight excluding hydrogens is 280 g/mol. The Kier molecular flexibility index (Phi) is 4.92. The van der Waals surface area contributed by atoms with Crippen LogP contribution in [-0.2, 0) is 0 Å². The minimum atomic E-state index is -0.922. The van der Waals surface area contributed by atoms with E-state index in [1.807, 2.05) is 13.8 Å². The van der Waals surface area contributed by atoms with Gasteiger partial charge >= 0.3 is 0 Å². The van der Waals surface area contributed by atoms with Crippen LogP contribution >= 0.6 is 0 Å². The molecule has 118 valence electrons. The number of hydrogen-bond acceptors (Lipinski definition) is 4. The molecule has 2 aromatic rings. The Morgan fingerprint density at radius 3 is 2.82 bits per heavy atom. The molecule has 0 aromatic carbocycles. The first kappa shape index (κ1) is 16.2. The van der Waals surface area contributed by atoms with E-state index >= 15 is 0 Å². The summed E-state index contributed by atoms with van der Waals surface area (Å²) in [6.45, 7) is 5.93. The zero-order valence-corrected chi connectivity index (χ0v) is 13.2. The third kappa shape index (κ3) is 3.71. The van der Waals surface area contributed by atoms with Crippen LogP contribution in [-0.4, -0.2) is 37.7 Å². The van der Waals surface area contributed by atoms with Crippen molar-refractivity contribution < 1.29 is 9.90 Å². The predicted octanol–water partition coefficient (Wildman–Crippen LogP) is 1.79. The third-order valence-corrected chi connectivity index (χ3v) is 4.06. The van der Waals surface area contributed by atoms with Crippen LogP contribution in [0.5, 0.6) is 0 Å². The fourth-order valence-electron chi connectivity index (χ4n) is 2.04. The molecule has 22 heavy (non-hydrogen) atoms. The molecule has 0 aliphatic heterocycles. The van der Waals surface area contributed by atoms with Gasteiger partial charge in [-0.2, -0.15) is 0 Å². The minimum absolute atomic E-state index is 0.106. The van der Waals surface area contributed by atoms with Crippen LogP contribution in [0, 0.1) is 5.92 Å². The van der Waals surface area contributed by atoms with Gasteiger partial charge in [0.05, 0.1) is 11.2 Å². The second-order valence-corrected chi connectivity index (χ2v) is 5.72. The minimum Gasteiger partial charge on any atom is -0.388 e. The van der Waals surface area contributed by atoms with Gasteiger partial charge in [0, 0.05) is 25.1 Å². The number of nitrogens with one attached hydrogen (secondary N) is 1. The molecule has 2 aromatic heterocycles. The summed E-state index contributed by atoms with van der Waals surface area (Å²) >= 11 is 0. The molecule has 0 bridgehead atoms. The second-order valence-electron chi connectivity index (χ2n) is 5.72. The summed E-state index contributed by atoms with van der Waals surface area (Å²) in [5, 5.41) is 13.1. The van der Waals surface area contributed by atoms with Crippen molar-refractivity contribution in [2.75, 3.05) is 6.54 Å². The van der Waals surface area contributed by atoms with Gasteiger partial charge in [0.1, 0.15) is 12.1 Å². The quantitative estimate of drug-likeness (QED) is 0.852. The lowest BCUT2D eigenvalue weighted by atomic mass is 9.88. The standard InChI is InChI=1S/C16H22N4O2/c1-4-12(2)16(3,22)10-19-15(21)13-5-6-14(18-9-13)20-8-7-17-11-20/h5-9,11-12,22H,4,10H2,1-3H3,(H,19,21). The van der Waals surface area contributed by atoms with E-state index < -0.39 is 5.60 Å². The Morgan fingerprint density at radius 2 is 2.27 bits per heavy atom. The molecule has 0 saturated carbocycles. The van der Waals surface area contributed by atoms with Crippen LogP contribution < -0.4 is 5.32 Å². The number of amides is 1. The lowest BCUT2D eigenvalue weighted by Gasteiger charge is -2.29. The monoisotopic (exact) mass is 302 g/mol. The van der Waals surface area contributed by atoms with Gasteiger partial charge in [-0.1, -0.05) is 20.3 Å². The van der Waals surface area contributed by atoms with E-state index in [0.29, 0.717) is 11.4 Å². The van der Waals surface area contributed by atoms with Gasteiger partial charge in [0.25, 0.3) is 5.91 Å². The van der Waals surface area contributed by atoms with Crippen LogP contribution in [0.4, 0.5) is 0 Å². The number of carbonyl (C=O) groups excluding carboxylic acids is 1. The van der Waals surface area contributed by atoms with Gasteiger partial charge in [-0.15, -0.1) is 0 Å². The molecule has 0 radical (unpaired) electrons. The highest BCUT2D eigenvalue weighted by Gasteiger charge is 2.27.